The zero-order valence-electron chi connectivity index (χ0n) is 12.3. The van der Waals surface area contributed by atoms with E-state index in [1.54, 1.807) is 0 Å². The minimum atomic E-state index is 0.193. The summed E-state index contributed by atoms with van der Waals surface area (Å²) in [5.41, 5.74) is 6.99. The van der Waals surface area contributed by atoms with Crippen molar-refractivity contribution in [3.63, 3.8) is 0 Å². The standard InChI is InChI=1S/C16H25BrN2S/c1-12(18)15(14-10-13(17)11-20-14)19-8-6-16(7-9-19)4-2-3-5-16/h10-12,15H,2-9,18H2,1H3. The fourth-order valence-corrected chi connectivity index (χ4v) is 5.85. The van der Waals surface area contributed by atoms with Gasteiger partial charge in [-0.1, -0.05) is 12.8 Å². The molecule has 1 aromatic rings. The zero-order chi connectivity index (χ0) is 14.2. The number of hydrogen-bond acceptors (Lipinski definition) is 3. The molecule has 0 bridgehead atoms. The molecule has 0 aromatic carbocycles. The van der Waals surface area contributed by atoms with E-state index < -0.39 is 0 Å². The van der Waals surface area contributed by atoms with E-state index in [4.69, 9.17) is 5.73 Å². The van der Waals surface area contributed by atoms with Crippen molar-refractivity contribution in [2.75, 3.05) is 13.1 Å². The molecule has 1 aliphatic carbocycles. The van der Waals surface area contributed by atoms with Gasteiger partial charge < -0.3 is 5.73 Å². The van der Waals surface area contributed by atoms with Gasteiger partial charge in [0.15, 0.2) is 0 Å². The highest BCUT2D eigenvalue weighted by Gasteiger charge is 2.39. The molecule has 2 unspecified atom stereocenters. The maximum absolute atomic E-state index is 6.30. The molecule has 0 radical (unpaired) electrons. The Morgan fingerprint density at radius 2 is 1.90 bits per heavy atom. The van der Waals surface area contributed by atoms with Gasteiger partial charge in [-0.2, -0.15) is 0 Å². The Labute approximate surface area is 134 Å². The molecule has 0 amide bonds. The quantitative estimate of drug-likeness (QED) is 0.860. The van der Waals surface area contributed by atoms with Crippen LogP contribution in [0.3, 0.4) is 0 Å². The number of thiophene rings is 1. The Morgan fingerprint density at radius 3 is 2.40 bits per heavy atom. The minimum absolute atomic E-state index is 0.193. The summed E-state index contributed by atoms with van der Waals surface area (Å²) in [6.45, 7) is 4.60. The first-order valence-electron chi connectivity index (χ1n) is 7.83. The van der Waals surface area contributed by atoms with Crippen molar-refractivity contribution in [3.8, 4) is 0 Å². The van der Waals surface area contributed by atoms with E-state index in [2.05, 4.69) is 39.2 Å². The SMILES string of the molecule is CC(N)C(c1cc(Br)cs1)N1CCC2(CCCC2)CC1. The monoisotopic (exact) mass is 356 g/mol. The molecule has 2 nitrogen and oxygen atoms in total. The molecule has 20 heavy (non-hydrogen) atoms. The topological polar surface area (TPSA) is 29.3 Å². The molecular weight excluding hydrogens is 332 g/mol. The number of piperidine rings is 1. The van der Waals surface area contributed by atoms with E-state index in [1.807, 2.05) is 11.3 Å². The van der Waals surface area contributed by atoms with Crippen molar-refractivity contribution >= 4 is 27.3 Å². The highest BCUT2D eigenvalue weighted by atomic mass is 79.9. The molecule has 3 rings (SSSR count). The van der Waals surface area contributed by atoms with Crippen LogP contribution in [0.2, 0.25) is 0 Å². The van der Waals surface area contributed by atoms with Crippen LogP contribution in [0.5, 0.6) is 0 Å². The maximum Gasteiger partial charge on any atom is 0.0591 e. The number of likely N-dealkylation sites (tertiary alicyclic amines) is 1. The average Bonchev–Trinajstić information content (AvgIpc) is 3.02. The van der Waals surface area contributed by atoms with Gasteiger partial charge in [-0.15, -0.1) is 11.3 Å². The smallest absolute Gasteiger partial charge is 0.0591 e. The van der Waals surface area contributed by atoms with E-state index in [0.717, 1.165) is 0 Å². The molecule has 4 heteroatoms. The molecule has 2 heterocycles. The van der Waals surface area contributed by atoms with E-state index in [0.29, 0.717) is 11.5 Å². The summed E-state index contributed by atoms with van der Waals surface area (Å²) >= 11 is 5.41. The van der Waals surface area contributed by atoms with Gasteiger partial charge in [-0.3, -0.25) is 4.90 Å². The average molecular weight is 357 g/mol. The number of nitrogens with two attached hydrogens (primary N) is 1. The lowest BCUT2D eigenvalue weighted by atomic mass is 9.76. The van der Waals surface area contributed by atoms with Crippen LogP contribution in [0.4, 0.5) is 0 Å². The molecule has 2 atom stereocenters. The summed E-state index contributed by atoms with van der Waals surface area (Å²) < 4.78 is 1.19. The summed E-state index contributed by atoms with van der Waals surface area (Å²) in [7, 11) is 0. The van der Waals surface area contributed by atoms with Crippen LogP contribution in [-0.4, -0.2) is 24.0 Å². The fourth-order valence-electron chi connectivity index (χ4n) is 4.16. The van der Waals surface area contributed by atoms with Crippen LogP contribution < -0.4 is 5.73 Å². The molecule has 2 N–H and O–H groups in total. The van der Waals surface area contributed by atoms with Crippen LogP contribution in [0.1, 0.15) is 56.4 Å². The lowest BCUT2D eigenvalue weighted by Crippen LogP contribution is -2.45. The molecule has 1 spiro atoms. The van der Waals surface area contributed by atoms with Crippen molar-refractivity contribution in [2.45, 2.75) is 57.5 Å². The number of halogens is 1. The molecule has 1 aliphatic heterocycles. The third-order valence-corrected chi connectivity index (χ3v) is 7.06. The largest absolute Gasteiger partial charge is 0.326 e. The molecule has 1 saturated carbocycles. The van der Waals surface area contributed by atoms with Gasteiger partial charge in [0.05, 0.1) is 6.04 Å². The Balaban J connectivity index is 1.70. The highest BCUT2D eigenvalue weighted by Crippen LogP contribution is 2.47. The van der Waals surface area contributed by atoms with E-state index in [-0.39, 0.29) is 6.04 Å². The predicted molar refractivity (Wildman–Crippen MR) is 90.1 cm³/mol. The second-order valence-electron chi connectivity index (χ2n) is 6.71. The molecule has 2 fully saturated rings. The first-order valence-corrected chi connectivity index (χ1v) is 9.51. The Morgan fingerprint density at radius 1 is 1.25 bits per heavy atom. The summed E-state index contributed by atoms with van der Waals surface area (Å²) in [5.74, 6) is 0. The van der Waals surface area contributed by atoms with Gasteiger partial charge >= 0.3 is 0 Å². The second kappa shape index (κ2) is 6.07. The van der Waals surface area contributed by atoms with Crippen LogP contribution >= 0.6 is 27.3 Å². The normalized spacial score (nSPS) is 25.9. The summed E-state index contributed by atoms with van der Waals surface area (Å²) in [5, 5.41) is 2.17. The van der Waals surface area contributed by atoms with Crippen LogP contribution in [0.25, 0.3) is 0 Å². The highest BCUT2D eigenvalue weighted by molar-refractivity contribution is 9.10. The molecular formula is C16H25BrN2S. The van der Waals surface area contributed by atoms with E-state index in [1.165, 1.54) is 61.0 Å². The third-order valence-electron chi connectivity index (χ3n) is 5.29. The van der Waals surface area contributed by atoms with Gasteiger partial charge in [-0.05, 0) is 73.1 Å². The Hall–Kier alpha value is 0.1000. The second-order valence-corrected chi connectivity index (χ2v) is 8.57. The summed E-state index contributed by atoms with van der Waals surface area (Å²) in [4.78, 5) is 4.04. The minimum Gasteiger partial charge on any atom is -0.326 e. The maximum atomic E-state index is 6.30. The molecule has 2 aliphatic rings. The van der Waals surface area contributed by atoms with Gasteiger partial charge in [-0.25, -0.2) is 0 Å². The first-order chi connectivity index (χ1) is 9.60. The van der Waals surface area contributed by atoms with Crippen molar-refractivity contribution in [2.24, 2.45) is 11.1 Å². The molecule has 112 valence electrons. The lowest BCUT2D eigenvalue weighted by Gasteiger charge is -2.43. The van der Waals surface area contributed by atoms with Crippen LogP contribution in [0, 0.1) is 5.41 Å². The molecule has 1 aromatic heterocycles. The van der Waals surface area contributed by atoms with Crippen LogP contribution in [-0.2, 0) is 0 Å². The first kappa shape index (κ1) is 15.0. The third kappa shape index (κ3) is 2.99. The number of hydrogen-bond donors (Lipinski definition) is 1. The summed E-state index contributed by atoms with van der Waals surface area (Å²) in [6.07, 6.45) is 8.59. The van der Waals surface area contributed by atoms with Crippen molar-refractivity contribution < 1.29 is 0 Å². The van der Waals surface area contributed by atoms with Crippen molar-refractivity contribution in [3.05, 3.63) is 20.8 Å². The van der Waals surface area contributed by atoms with E-state index >= 15 is 0 Å². The van der Waals surface area contributed by atoms with Gasteiger partial charge in [0, 0.05) is 20.8 Å². The summed E-state index contributed by atoms with van der Waals surface area (Å²) in [6, 6.07) is 2.83. The number of nitrogens with zero attached hydrogens (tertiary/aromatic N) is 1. The molecule has 1 saturated heterocycles. The Kier molecular flexibility index (Phi) is 4.56. The zero-order valence-corrected chi connectivity index (χ0v) is 14.7. The Bertz CT molecular complexity index is 441. The van der Waals surface area contributed by atoms with Crippen LogP contribution in [0.15, 0.2) is 15.9 Å². The van der Waals surface area contributed by atoms with Crippen molar-refractivity contribution in [1.82, 2.24) is 4.90 Å². The van der Waals surface area contributed by atoms with Crippen molar-refractivity contribution in [1.29, 1.82) is 0 Å². The number of rotatable bonds is 3. The van der Waals surface area contributed by atoms with Gasteiger partial charge in [0.25, 0.3) is 0 Å². The van der Waals surface area contributed by atoms with Gasteiger partial charge in [0.2, 0.25) is 0 Å². The van der Waals surface area contributed by atoms with Gasteiger partial charge in [0.1, 0.15) is 0 Å². The predicted octanol–water partition coefficient (Wildman–Crippen LogP) is 4.56. The fraction of sp³-hybridized carbons (Fsp3) is 0.750. The van der Waals surface area contributed by atoms with E-state index in [9.17, 15) is 0 Å². The lowest BCUT2D eigenvalue weighted by molar-refractivity contribution is 0.0690.